The van der Waals surface area contributed by atoms with Crippen LogP contribution in [-0.2, 0) is 19.1 Å². The van der Waals surface area contributed by atoms with Gasteiger partial charge in [0.1, 0.15) is 11.8 Å². The molecule has 1 aromatic carbocycles. The van der Waals surface area contributed by atoms with Gasteiger partial charge in [-0.2, -0.15) is 5.10 Å². The topological polar surface area (TPSA) is 71.4 Å². The van der Waals surface area contributed by atoms with Gasteiger partial charge in [-0.25, -0.2) is 4.79 Å². The number of amides is 1. The third-order valence-electron chi connectivity index (χ3n) is 4.87. The molecule has 2 unspecified atom stereocenters. The van der Waals surface area contributed by atoms with Crippen molar-refractivity contribution in [3.05, 3.63) is 30.3 Å². The van der Waals surface area contributed by atoms with Crippen molar-refractivity contribution >= 4 is 23.3 Å². The van der Waals surface area contributed by atoms with E-state index in [9.17, 15) is 9.59 Å². The Kier molecular flexibility index (Phi) is 6.45. The molecule has 2 atom stereocenters. The largest absolute Gasteiger partial charge is 0.461 e. The SMILES string of the molecule is CCOC(=O)C1=NN(c2ccccc2)C(C(=O)N(CC)CC2CCCO2)C1. The zero-order valence-corrected chi connectivity index (χ0v) is 16.0. The summed E-state index contributed by atoms with van der Waals surface area (Å²) in [6.07, 6.45) is 2.34. The highest BCUT2D eigenvalue weighted by Crippen LogP contribution is 2.26. The summed E-state index contributed by atoms with van der Waals surface area (Å²) in [5.74, 6) is -0.504. The number of esters is 1. The first-order valence-electron chi connectivity index (χ1n) is 9.63. The average Bonchev–Trinajstić information content (AvgIpc) is 3.36. The number of carbonyl (C=O) groups excluding carboxylic acids is 2. The Bertz CT molecular complexity index is 686. The number of para-hydroxylation sites is 1. The van der Waals surface area contributed by atoms with Gasteiger partial charge in [0.05, 0.1) is 18.4 Å². The van der Waals surface area contributed by atoms with Crippen LogP contribution in [0.5, 0.6) is 0 Å². The molecule has 0 radical (unpaired) electrons. The minimum absolute atomic E-state index is 0.0418. The molecule has 7 nitrogen and oxygen atoms in total. The monoisotopic (exact) mass is 373 g/mol. The second-order valence-electron chi connectivity index (χ2n) is 6.68. The fourth-order valence-corrected chi connectivity index (χ4v) is 3.48. The molecule has 0 aliphatic carbocycles. The van der Waals surface area contributed by atoms with Crippen LogP contribution in [0.25, 0.3) is 0 Å². The normalized spacial score (nSPS) is 21.9. The van der Waals surface area contributed by atoms with Gasteiger partial charge in [-0.05, 0) is 38.8 Å². The summed E-state index contributed by atoms with van der Waals surface area (Å²) in [5, 5.41) is 6.07. The van der Waals surface area contributed by atoms with Crippen LogP contribution in [0.4, 0.5) is 5.69 Å². The quantitative estimate of drug-likeness (QED) is 0.686. The van der Waals surface area contributed by atoms with Gasteiger partial charge in [-0.15, -0.1) is 0 Å². The smallest absolute Gasteiger partial charge is 0.354 e. The Balaban J connectivity index is 1.80. The minimum atomic E-state index is -0.548. The molecule has 1 fully saturated rings. The fourth-order valence-electron chi connectivity index (χ4n) is 3.48. The summed E-state index contributed by atoms with van der Waals surface area (Å²) >= 11 is 0. The number of carbonyl (C=O) groups is 2. The van der Waals surface area contributed by atoms with Crippen LogP contribution < -0.4 is 5.01 Å². The maximum absolute atomic E-state index is 13.3. The number of hydrogen-bond acceptors (Lipinski definition) is 6. The number of likely N-dealkylation sites (N-methyl/N-ethyl adjacent to an activating group) is 1. The Morgan fingerprint density at radius 1 is 1.30 bits per heavy atom. The molecule has 0 saturated carbocycles. The highest BCUT2D eigenvalue weighted by atomic mass is 16.5. The van der Waals surface area contributed by atoms with Gasteiger partial charge in [0.15, 0.2) is 0 Å². The van der Waals surface area contributed by atoms with Gasteiger partial charge >= 0.3 is 5.97 Å². The number of ether oxygens (including phenoxy) is 2. The lowest BCUT2D eigenvalue weighted by molar-refractivity contribution is -0.135. The van der Waals surface area contributed by atoms with Gasteiger partial charge in [-0.1, -0.05) is 18.2 Å². The number of benzene rings is 1. The maximum atomic E-state index is 13.3. The van der Waals surface area contributed by atoms with Crippen LogP contribution in [-0.4, -0.2) is 60.9 Å². The summed E-state index contributed by atoms with van der Waals surface area (Å²) in [7, 11) is 0. The summed E-state index contributed by atoms with van der Waals surface area (Å²) in [6, 6.07) is 8.90. The Morgan fingerprint density at radius 3 is 2.70 bits per heavy atom. The van der Waals surface area contributed by atoms with Gasteiger partial charge in [0.2, 0.25) is 5.91 Å². The van der Waals surface area contributed by atoms with E-state index in [1.807, 2.05) is 37.3 Å². The highest BCUT2D eigenvalue weighted by Gasteiger charge is 2.39. The van der Waals surface area contributed by atoms with E-state index in [-0.39, 0.29) is 30.8 Å². The second kappa shape index (κ2) is 8.99. The zero-order valence-electron chi connectivity index (χ0n) is 16.0. The molecule has 0 aromatic heterocycles. The molecule has 0 spiro atoms. The van der Waals surface area contributed by atoms with Crippen molar-refractivity contribution in [2.75, 3.05) is 31.3 Å². The van der Waals surface area contributed by atoms with Crippen molar-refractivity contribution in [2.24, 2.45) is 5.10 Å². The standard InChI is InChI=1S/C20H27N3O4/c1-3-22(14-16-11-8-12-27-16)19(24)18-13-17(20(25)26-4-2)21-23(18)15-9-6-5-7-10-15/h5-7,9-10,16,18H,3-4,8,11-14H2,1-2H3. The number of nitrogens with zero attached hydrogens (tertiary/aromatic N) is 3. The van der Waals surface area contributed by atoms with Crippen molar-refractivity contribution < 1.29 is 19.1 Å². The molecule has 146 valence electrons. The molecule has 1 aromatic rings. The van der Waals surface area contributed by atoms with E-state index in [4.69, 9.17) is 9.47 Å². The van der Waals surface area contributed by atoms with E-state index in [1.165, 1.54) is 0 Å². The van der Waals surface area contributed by atoms with Crippen LogP contribution >= 0.6 is 0 Å². The van der Waals surface area contributed by atoms with Crippen molar-refractivity contribution in [2.45, 2.75) is 45.3 Å². The summed E-state index contributed by atoms with van der Waals surface area (Å²) < 4.78 is 10.8. The lowest BCUT2D eigenvalue weighted by Gasteiger charge is -2.30. The number of hydrazone groups is 1. The van der Waals surface area contributed by atoms with E-state index in [0.717, 1.165) is 25.1 Å². The predicted molar refractivity (Wildman–Crippen MR) is 103 cm³/mol. The molecule has 0 bridgehead atoms. The second-order valence-corrected chi connectivity index (χ2v) is 6.68. The first-order valence-corrected chi connectivity index (χ1v) is 9.63. The number of hydrogen-bond donors (Lipinski definition) is 0. The van der Waals surface area contributed by atoms with Crippen LogP contribution in [0.15, 0.2) is 35.4 Å². The summed E-state index contributed by atoms with van der Waals surface area (Å²) in [5.41, 5.74) is 1.07. The Labute approximate surface area is 159 Å². The van der Waals surface area contributed by atoms with Crippen molar-refractivity contribution in [3.8, 4) is 0 Å². The molecule has 3 rings (SSSR count). The molecule has 2 heterocycles. The number of rotatable bonds is 7. The Hall–Kier alpha value is -2.41. The molecule has 1 saturated heterocycles. The van der Waals surface area contributed by atoms with Gasteiger partial charge in [-0.3, -0.25) is 9.80 Å². The van der Waals surface area contributed by atoms with Gasteiger partial charge in [0, 0.05) is 26.1 Å². The van der Waals surface area contributed by atoms with Crippen molar-refractivity contribution in [1.82, 2.24) is 4.90 Å². The van der Waals surface area contributed by atoms with Crippen LogP contribution in [0, 0.1) is 0 Å². The molecule has 2 aliphatic rings. The van der Waals surface area contributed by atoms with Crippen molar-refractivity contribution in [3.63, 3.8) is 0 Å². The predicted octanol–water partition coefficient (Wildman–Crippen LogP) is 2.21. The van der Waals surface area contributed by atoms with E-state index < -0.39 is 12.0 Å². The maximum Gasteiger partial charge on any atom is 0.354 e. The lowest BCUT2D eigenvalue weighted by atomic mass is 10.1. The van der Waals surface area contributed by atoms with E-state index in [0.29, 0.717) is 13.1 Å². The molecular weight excluding hydrogens is 346 g/mol. The molecule has 0 N–H and O–H groups in total. The van der Waals surface area contributed by atoms with E-state index in [1.54, 1.807) is 16.8 Å². The molecule has 7 heteroatoms. The summed E-state index contributed by atoms with van der Waals surface area (Å²) in [4.78, 5) is 27.3. The zero-order chi connectivity index (χ0) is 19.2. The third kappa shape index (κ3) is 4.47. The summed E-state index contributed by atoms with van der Waals surface area (Å²) in [6.45, 7) is 5.91. The van der Waals surface area contributed by atoms with Crippen molar-refractivity contribution in [1.29, 1.82) is 0 Å². The highest BCUT2D eigenvalue weighted by molar-refractivity contribution is 6.38. The van der Waals surface area contributed by atoms with E-state index >= 15 is 0 Å². The fraction of sp³-hybridized carbons (Fsp3) is 0.550. The average molecular weight is 373 g/mol. The first-order chi connectivity index (χ1) is 13.1. The lowest BCUT2D eigenvalue weighted by Crippen LogP contribution is -2.47. The van der Waals surface area contributed by atoms with Gasteiger partial charge < -0.3 is 14.4 Å². The van der Waals surface area contributed by atoms with Crippen LogP contribution in [0.1, 0.15) is 33.1 Å². The molecular formula is C20H27N3O4. The van der Waals surface area contributed by atoms with E-state index in [2.05, 4.69) is 5.10 Å². The van der Waals surface area contributed by atoms with Crippen LogP contribution in [0.3, 0.4) is 0 Å². The van der Waals surface area contributed by atoms with Crippen LogP contribution in [0.2, 0.25) is 0 Å². The molecule has 1 amide bonds. The number of anilines is 1. The molecule has 2 aliphatic heterocycles. The Morgan fingerprint density at radius 2 is 2.07 bits per heavy atom. The van der Waals surface area contributed by atoms with Gasteiger partial charge in [0.25, 0.3) is 0 Å². The minimum Gasteiger partial charge on any atom is -0.461 e. The first kappa shape index (κ1) is 19.4. The third-order valence-corrected chi connectivity index (χ3v) is 4.87. The molecule has 27 heavy (non-hydrogen) atoms.